The standard InChI is InChI=1S/C13H27NO2/c1-3-8-14-12(11-15-4-2)10-13-7-5-6-9-16-13/h12-14H,3-11H2,1-2H3. The molecule has 16 heavy (non-hydrogen) atoms. The van der Waals surface area contributed by atoms with Crippen LogP contribution in [0.3, 0.4) is 0 Å². The largest absolute Gasteiger partial charge is 0.380 e. The third-order valence-electron chi connectivity index (χ3n) is 3.03. The molecule has 1 heterocycles. The van der Waals surface area contributed by atoms with Crippen LogP contribution in [-0.4, -0.2) is 38.5 Å². The summed E-state index contributed by atoms with van der Waals surface area (Å²) in [6, 6.07) is 0.461. The van der Waals surface area contributed by atoms with Crippen molar-refractivity contribution in [2.45, 2.75) is 58.1 Å². The molecule has 96 valence electrons. The van der Waals surface area contributed by atoms with Gasteiger partial charge in [0.05, 0.1) is 12.7 Å². The van der Waals surface area contributed by atoms with Gasteiger partial charge in [-0.25, -0.2) is 0 Å². The number of ether oxygens (including phenoxy) is 2. The van der Waals surface area contributed by atoms with Gasteiger partial charge >= 0.3 is 0 Å². The monoisotopic (exact) mass is 229 g/mol. The molecule has 0 saturated carbocycles. The molecule has 0 aromatic carbocycles. The molecular formula is C13H27NO2. The Kier molecular flexibility index (Phi) is 7.81. The molecule has 2 unspecified atom stereocenters. The van der Waals surface area contributed by atoms with E-state index in [1.807, 2.05) is 6.92 Å². The molecule has 1 aliphatic heterocycles. The molecule has 1 rings (SSSR count). The zero-order chi connectivity index (χ0) is 11.6. The van der Waals surface area contributed by atoms with Gasteiger partial charge in [0, 0.05) is 19.3 Å². The van der Waals surface area contributed by atoms with Crippen LogP contribution in [0.4, 0.5) is 0 Å². The zero-order valence-electron chi connectivity index (χ0n) is 10.8. The van der Waals surface area contributed by atoms with E-state index < -0.39 is 0 Å². The summed E-state index contributed by atoms with van der Waals surface area (Å²) in [7, 11) is 0. The van der Waals surface area contributed by atoms with E-state index in [1.54, 1.807) is 0 Å². The first-order chi connectivity index (χ1) is 7.86. The molecule has 0 aromatic rings. The van der Waals surface area contributed by atoms with Crippen molar-refractivity contribution in [2.24, 2.45) is 0 Å². The lowest BCUT2D eigenvalue weighted by atomic mass is 10.0. The van der Waals surface area contributed by atoms with Crippen LogP contribution in [-0.2, 0) is 9.47 Å². The number of hydrogen-bond acceptors (Lipinski definition) is 3. The average molecular weight is 229 g/mol. The highest BCUT2D eigenvalue weighted by molar-refractivity contribution is 4.74. The van der Waals surface area contributed by atoms with Crippen molar-refractivity contribution >= 4 is 0 Å². The molecule has 0 aliphatic carbocycles. The molecule has 0 bridgehead atoms. The van der Waals surface area contributed by atoms with Gasteiger partial charge in [-0.3, -0.25) is 0 Å². The van der Waals surface area contributed by atoms with E-state index in [1.165, 1.54) is 25.7 Å². The van der Waals surface area contributed by atoms with Gasteiger partial charge in [-0.15, -0.1) is 0 Å². The van der Waals surface area contributed by atoms with Crippen LogP contribution in [0.2, 0.25) is 0 Å². The average Bonchev–Trinajstić information content (AvgIpc) is 2.34. The van der Waals surface area contributed by atoms with Gasteiger partial charge in [-0.05, 0) is 45.6 Å². The Morgan fingerprint density at radius 2 is 2.25 bits per heavy atom. The SMILES string of the molecule is CCCNC(COCC)CC1CCCCO1. The lowest BCUT2D eigenvalue weighted by molar-refractivity contribution is -0.00282. The van der Waals surface area contributed by atoms with Crippen molar-refractivity contribution in [2.75, 3.05) is 26.4 Å². The third-order valence-corrected chi connectivity index (χ3v) is 3.03. The van der Waals surface area contributed by atoms with Crippen LogP contribution in [0.25, 0.3) is 0 Å². The smallest absolute Gasteiger partial charge is 0.0620 e. The number of nitrogens with one attached hydrogen (secondary N) is 1. The minimum absolute atomic E-state index is 0.448. The van der Waals surface area contributed by atoms with Crippen LogP contribution in [0.1, 0.15) is 46.0 Å². The zero-order valence-corrected chi connectivity index (χ0v) is 10.8. The quantitative estimate of drug-likeness (QED) is 0.693. The lowest BCUT2D eigenvalue weighted by Crippen LogP contribution is -2.38. The van der Waals surface area contributed by atoms with Gasteiger partial charge in [-0.2, -0.15) is 0 Å². The van der Waals surface area contributed by atoms with Gasteiger partial charge in [0.15, 0.2) is 0 Å². The highest BCUT2D eigenvalue weighted by Gasteiger charge is 2.19. The fraction of sp³-hybridized carbons (Fsp3) is 1.00. The van der Waals surface area contributed by atoms with Crippen LogP contribution >= 0.6 is 0 Å². The Balaban J connectivity index is 2.23. The van der Waals surface area contributed by atoms with E-state index in [2.05, 4.69) is 12.2 Å². The van der Waals surface area contributed by atoms with Crippen LogP contribution in [0.5, 0.6) is 0 Å². The molecule has 0 aromatic heterocycles. The fourth-order valence-electron chi connectivity index (χ4n) is 2.13. The second-order valence-electron chi connectivity index (χ2n) is 4.53. The Bertz CT molecular complexity index is 150. The molecular weight excluding hydrogens is 202 g/mol. The number of rotatable bonds is 8. The van der Waals surface area contributed by atoms with Gasteiger partial charge < -0.3 is 14.8 Å². The molecule has 0 amide bonds. The second kappa shape index (κ2) is 8.97. The predicted octanol–water partition coefficient (Wildman–Crippen LogP) is 2.35. The predicted molar refractivity (Wildman–Crippen MR) is 66.8 cm³/mol. The van der Waals surface area contributed by atoms with Crippen molar-refractivity contribution in [1.29, 1.82) is 0 Å². The van der Waals surface area contributed by atoms with Gasteiger partial charge in [-0.1, -0.05) is 6.92 Å². The second-order valence-corrected chi connectivity index (χ2v) is 4.53. The van der Waals surface area contributed by atoms with E-state index in [0.29, 0.717) is 12.1 Å². The minimum atomic E-state index is 0.448. The van der Waals surface area contributed by atoms with Crippen LogP contribution in [0, 0.1) is 0 Å². The Morgan fingerprint density at radius 1 is 1.38 bits per heavy atom. The molecule has 0 radical (unpaired) electrons. The Morgan fingerprint density at radius 3 is 2.88 bits per heavy atom. The molecule has 3 nitrogen and oxygen atoms in total. The molecule has 1 N–H and O–H groups in total. The van der Waals surface area contributed by atoms with E-state index in [-0.39, 0.29) is 0 Å². The summed E-state index contributed by atoms with van der Waals surface area (Å²) in [5, 5.41) is 3.55. The summed E-state index contributed by atoms with van der Waals surface area (Å²) >= 11 is 0. The Labute approximate surface area is 99.9 Å². The van der Waals surface area contributed by atoms with Crippen molar-refractivity contribution < 1.29 is 9.47 Å². The molecule has 3 heteroatoms. The highest BCUT2D eigenvalue weighted by atomic mass is 16.5. The number of hydrogen-bond donors (Lipinski definition) is 1. The molecule has 2 atom stereocenters. The van der Waals surface area contributed by atoms with Gasteiger partial charge in [0.25, 0.3) is 0 Å². The van der Waals surface area contributed by atoms with Crippen molar-refractivity contribution in [3.8, 4) is 0 Å². The van der Waals surface area contributed by atoms with E-state index in [0.717, 1.165) is 32.8 Å². The van der Waals surface area contributed by atoms with Crippen molar-refractivity contribution in [3.63, 3.8) is 0 Å². The summed E-state index contributed by atoms with van der Waals surface area (Å²) in [5.41, 5.74) is 0. The van der Waals surface area contributed by atoms with Crippen LogP contribution < -0.4 is 5.32 Å². The van der Waals surface area contributed by atoms with Crippen molar-refractivity contribution in [3.05, 3.63) is 0 Å². The summed E-state index contributed by atoms with van der Waals surface area (Å²) in [6.07, 6.45) is 6.49. The summed E-state index contributed by atoms with van der Waals surface area (Å²) < 4.78 is 11.3. The molecule has 1 saturated heterocycles. The summed E-state index contributed by atoms with van der Waals surface area (Å²) in [6.45, 7) is 7.88. The van der Waals surface area contributed by atoms with Crippen molar-refractivity contribution in [1.82, 2.24) is 5.32 Å². The molecule has 1 fully saturated rings. The topological polar surface area (TPSA) is 30.5 Å². The fourth-order valence-corrected chi connectivity index (χ4v) is 2.13. The summed E-state index contributed by atoms with van der Waals surface area (Å²) in [5.74, 6) is 0. The third kappa shape index (κ3) is 5.83. The molecule has 1 aliphatic rings. The van der Waals surface area contributed by atoms with E-state index in [4.69, 9.17) is 9.47 Å². The normalized spacial score (nSPS) is 23.2. The summed E-state index contributed by atoms with van der Waals surface area (Å²) in [4.78, 5) is 0. The van der Waals surface area contributed by atoms with Crippen LogP contribution in [0.15, 0.2) is 0 Å². The van der Waals surface area contributed by atoms with Gasteiger partial charge in [0.1, 0.15) is 0 Å². The maximum atomic E-state index is 5.77. The molecule has 0 spiro atoms. The minimum Gasteiger partial charge on any atom is -0.380 e. The maximum Gasteiger partial charge on any atom is 0.0620 e. The maximum absolute atomic E-state index is 5.77. The first kappa shape index (κ1) is 13.9. The first-order valence-corrected chi connectivity index (χ1v) is 6.79. The van der Waals surface area contributed by atoms with Gasteiger partial charge in [0.2, 0.25) is 0 Å². The highest BCUT2D eigenvalue weighted by Crippen LogP contribution is 2.17. The van der Waals surface area contributed by atoms with E-state index >= 15 is 0 Å². The Hall–Kier alpha value is -0.120. The van der Waals surface area contributed by atoms with E-state index in [9.17, 15) is 0 Å². The lowest BCUT2D eigenvalue weighted by Gasteiger charge is -2.27. The first-order valence-electron chi connectivity index (χ1n) is 6.79.